The third-order valence-corrected chi connectivity index (χ3v) is 8.92. The van der Waals surface area contributed by atoms with Gasteiger partial charge in [0.05, 0.1) is 25.0 Å². The summed E-state index contributed by atoms with van der Waals surface area (Å²) >= 11 is 0. The van der Waals surface area contributed by atoms with E-state index in [0.29, 0.717) is 11.5 Å². The van der Waals surface area contributed by atoms with E-state index in [1.807, 2.05) is 24.5 Å². The number of hydrogen-bond acceptors (Lipinski definition) is 6. The Hall–Kier alpha value is -2.90. The number of morpholine rings is 1. The molecule has 3 fully saturated rings. The molecule has 3 aromatic rings. The summed E-state index contributed by atoms with van der Waals surface area (Å²) in [6.07, 6.45) is 12.0. The van der Waals surface area contributed by atoms with Crippen LogP contribution in [0.3, 0.4) is 0 Å². The molecule has 202 valence electrons. The van der Waals surface area contributed by atoms with Crippen LogP contribution in [-0.4, -0.2) is 67.8 Å². The first-order valence-corrected chi connectivity index (χ1v) is 14.5. The molecule has 1 aromatic carbocycles. The van der Waals surface area contributed by atoms with Crippen molar-refractivity contribution in [2.45, 2.75) is 56.9 Å². The van der Waals surface area contributed by atoms with Crippen molar-refractivity contribution in [1.29, 1.82) is 0 Å². The Balaban J connectivity index is 0.901. The maximum absolute atomic E-state index is 12.8. The number of likely N-dealkylation sites (tertiary alicyclic amines) is 1. The molecule has 2 saturated heterocycles. The molecular formula is C31H40N4O3. The fourth-order valence-corrected chi connectivity index (χ4v) is 6.51. The number of ether oxygens (including phenoxy) is 1. The summed E-state index contributed by atoms with van der Waals surface area (Å²) in [5.74, 6) is 2.31. The van der Waals surface area contributed by atoms with Crippen molar-refractivity contribution in [1.82, 2.24) is 15.2 Å². The Bertz CT molecular complexity index is 1190. The van der Waals surface area contributed by atoms with E-state index in [1.54, 1.807) is 6.20 Å². The van der Waals surface area contributed by atoms with E-state index in [1.165, 1.54) is 62.7 Å². The van der Waals surface area contributed by atoms with Crippen LogP contribution in [0.4, 0.5) is 5.82 Å². The van der Waals surface area contributed by atoms with Crippen molar-refractivity contribution >= 4 is 22.7 Å². The van der Waals surface area contributed by atoms with Crippen molar-refractivity contribution in [2.24, 2.45) is 5.92 Å². The van der Waals surface area contributed by atoms with Crippen LogP contribution in [-0.2, 0) is 4.74 Å². The van der Waals surface area contributed by atoms with Gasteiger partial charge >= 0.3 is 0 Å². The minimum absolute atomic E-state index is 0.00255. The molecule has 0 atom stereocenters. The van der Waals surface area contributed by atoms with Crippen LogP contribution in [0, 0.1) is 5.92 Å². The number of furan rings is 1. The molecule has 1 aliphatic carbocycles. The standard InChI is InChI=1S/C31H40N4O3/c36-31(25-7-10-30(32-21-25)35-17-19-37-20-18-35)33-26-8-5-23(6-9-26)11-14-34-15-12-24(13-16-34)28-22-38-29-4-2-1-3-27(28)29/h1-4,7,10,21-24,26H,5-6,8-9,11-20H2,(H,33,36). The fraction of sp³-hybridized carbons (Fsp3) is 0.548. The highest BCUT2D eigenvalue weighted by molar-refractivity contribution is 5.94. The zero-order valence-corrected chi connectivity index (χ0v) is 22.3. The number of hydrogen-bond donors (Lipinski definition) is 1. The number of amides is 1. The lowest BCUT2D eigenvalue weighted by molar-refractivity contribution is 0.0918. The summed E-state index contributed by atoms with van der Waals surface area (Å²) in [6, 6.07) is 12.5. The summed E-state index contributed by atoms with van der Waals surface area (Å²) in [5, 5.41) is 4.55. The van der Waals surface area contributed by atoms with Crippen LogP contribution >= 0.6 is 0 Å². The van der Waals surface area contributed by atoms with E-state index in [2.05, 4.69) is 38.3 Å². The third-order valence-electron chi connectivity index (χ3n) is 8.92. The number of nitrogens with one attached hydrogen (secondary N) is 1. The van der Waals surface area contributed by atoms with Gasteiger partial charge in [0.2, 0.25) is 0 Å². The molecule has 0 unspecified atom stereocenters. The van der Waals surface area contributed by atoms with Crippen LogP contribution in [0.1, 0.15) is 66.8 Å². The number of nitrogens with zero attached hydrogens (tertiary/aromatic N) is 3. The van der Waals surface area contributed by atoms with Crippen LogP contribution in [0.15, 0.2) is 53.3 Å². The molecule has 7 nitrogen and oxygen atoms in total. The smallest absolute Gasteiger partial charge is 0.253 e. The van der Waals surface area contributed by atoms with Crippen molar-refractivity contribution in [2.75, 3.05) is 50.8 Å². The molecule has 6 rings (SSSR count). The number of benzene rings is 1. The second kappa shape index (κ2) is 11.9. The molecule has 7 heteroatoms. The highest BCUT2D eigenvalue weighted by atomic mass is 16.5. The fourth-order valence-electron chi connectivity index (χ4n) is 6.51. The van der Waals surface area contributed by atoms with Crippen molar-refractivity contribution in [3.8, 4) is 0 Å². The predicted octanol–water partition coefficient (Wildman–Crippen LogP) is 5.22. The maximum atomic E-state index is 12.8. The van der Waals surface area contributed by atoms with Gasteiger partial charge in [-0.05, 0) is 94.6 Å². The minimum atomic E-state index is 0.00255. The van der Waals surface area contributed by atoms with Gasteiger partial charge in [-0.3, -0.25) is 4.79 Å². The molecule has 1 amide bonds. The highest BCUT2D eigenvalue weighted by Gasteiger charge is 2.26. The summed E-state index contributed by atoms with van der Waals surface area (Å²) in [5.41, 5.74) is 3.05. The summed E-state index contributed by atoms with van der Waals surface area (Å²) in [6.45, 7) is 6.71. The van der Waals surface area contributed by atoms with E-state index in [-0.39, 0.29) is 11.9 Å². The molecule has 1 N–H and O–H groups in total. The molecule has 1 saturated carbocycles. The summed E-state index contributed by atoms with van der Waals surface area (Å²) in [4.78, 5) is 22.2. The van der Waals surface area contributed by atoms with Crippen LogP contribution in [0.25, 0.3) is 11.0 Å². The van der Waals surface area contributed by atoms with Gasteiger partial charge < -0.3 is 24.3 Å². The van der Waals surface area contributed by atoms with Gasteiger partial charge in [0.1, 0.15) is 11.4 Å². The normalized spacial score (nSPS) is 23.5. The Morgan fingerprint density at radius 3 is 2.50 bits per heavy atom. The number of carbonyl (C=O) groups is 1. The van der Waals surface area contributed by atoms with Gasteiger partial charge in [-0.25, -0.2) is 4.98 Å². The van der Waals surface area contributed by atoms with Crippen molar-refractivity contribution < 1.29 is 13.9 Å². The van der Waals surface area contributed by atoms with Crippen LogP contribution in [0.2, 0.25) is 0 Å². The quantitative estimate of drug-likeness (QED) is 0.464. The molecule has 2 aromatic heterocycles. The SMILES string of the molecule is O=C(NC1CCC(CCN2CCC(c3coc4ccccc34)CC2)CC1)c1ccc(N2CCOCC2)nc1. The minimum Gasteiger partial charge on any atom is -0.464 e. The first-order chi connectivity index (χ1) is 18.7. The Morgan fingerprint density at radius 2 is 1.74 bits per heavy atom. The third kappa shape index (κ3) is 5.89. The average molecular weight is 517 g/mol. The zero-order valence-electron chi connectivity index (χ0n) is 22.3. The van der Waals surface area contributed by atoms with E-state index in [0.717, 1.165) is 56.5 Å². The number of anilines is 1. The highest BCUT2D eigenvalue weighted by Crippen LogP contribution is 2.35. The Kier molecular flexibility index (Phi) is 7.93. The van der Waals surface area contributed by atoms with Crippen LogP contribution < -0.4 is 10.2 Å². The zero-order chi connectivity index (χ0) is 25.7. The maximum Gasteiger partial charge on any atom is 0.253 e. The number of fused-ring (bicyclic) bond motifs is 1. The van der Waals surface area contributed by atoms with Gasteiger partial charge in [0.25, 0.3) is 5.91 Å². The lowest BCUT2D eigenvalue weighted by Gasteiger charge is -2.34. The van der Waals surface area contributed by atoms with Gasteiger partial charge in [-0.2, -0.15) is 0 Å². The number of pyridine rings is 1. The molecule has 0 radical (unpaired) electrons. The number of carbonyl (C=O) groups excluding carboxylic acids is 1. The average Bonchev–Trinajstić information content (AvgIpc) is 3.42. The molecule has 2 aliphatic heterocycles. The lowest BCUT2D eigenvalue weighted by atomic mass is 9.83. The van der Waals surface area contributed by atoms with E-state index >= 15 is 0 Å². The largest absolute Gasteiger partial charge is 0.464 e. The molecule has 38 heavy (non-hydrogen) atoms. The Labute approximate surface area is 225 Å². The van der Waals surface area contributed by atoms with E-state index < -0.39 is 0 Å². The first-order valence-electron chi connectivity index (χ1n) is 14.5. The second-order valence-corrected chi connectivity index (χ2v) is 11.3. The van der Waals surface area contributed by atoms with Gasteiger partial charge in [0, 0.05) is 36.3 Å². The topological polar surface area (TPSA) is 70.8 Å². The molecule has 0 bridgehead atoms. The van der Waals surface area contributed by atoms with Crippen molar-refractivity contribution in [3.05, 3.63) is 60.0 Å². The number of aromatic nitrogens is 1. The molecule has 3 aliphatic rings. The molecule has 0 spiro atoms. The summed E-state index contributed by atoms with van der Waals surface area (Å²) < 4.78 is 11.2. The number of para-hydroxylation sites is 1. The molecular weight excluding hydrogens is 476 g/mol. The second-order valence-electron chi connectivity index (χ2n) is 11.3. The predicted molar refractivity (Wildman–Crippen MR) is 150 cm³/mol. The first kappa shape index (κ1) is 25.4. The summed E-state index contributed by atoms with van der Waals surface area (Å²) in [7, 11) is 0. The van der Waals surface area contributed by atoms with E-state index in [9.17, 15) is 4.79 Å². The van der Waals surface area contributed by atoms with Crippen molar-refractivity contribution in [3.63, 3.8) is 0 Å². The van der Waals surface area contributed by atoms with Gasteiger partial charge in [-0.1, -0.05) is 18.2 Å². The van der Waals surface area contributed by atoms with E-state index in [4.69, 9.17) is 9.15 Å². The van der Waals surface area contributed by atoms with Gasteiger partial charge in [0.15, 0.2) is 0 Å². The lowest BCUT2D eigenvalue weighted by Crippen LogP contribution is -2.39. The number of rotatable bonds is 7. The number of piperidine rings is 1. The monoisotopic (exact) mass is 516 g/mol. The van der Waals surface area contributed by atoms with Crippen LogP contribution in [0.5, 0.6) is 0 Å². The van der Waals surface area contributed by atoms with Gasteiger partial charge in [-0.15, -0.1) is 0 Å². The molecule has 4 heterocycles. The Morgan fingerprint density at radius 1 is 0.947 bits per heavy atom.